The van der Waals surface area contributed by atoms with Crippen molar-refractivity contribution in [2.75, 3.05) is 6.61 Å². The van der Waals surface area contributed by atoms with Crippen molar-refractivity contribution >= 4 is 5.97 Å². The van der Waals surface area contributed by atoms with Crippen LogP contribution >= 0.6 is 0 Å². The quantitative estimate of drug-likeness (QED) is 0.685. The molecule has 1 aromatic heterocycles. The van der Waals surface area contributed by atoms with E-state index in [-0.39, 0.29) is 12.3 Å². The summed E-state index contributed by atoms with van der Waals surface area (Å²) in [5.41, 5.74) is 0.660. The third kappa shape index (κ3) is 3.41. The molecule has 0 saturated carbocycles. The maximum absolute atomic E-state index is 12.9. The maximum atomic E-state index is 12.9. The van der Waals surface area contributed by atoms with Gasteiger partial charge in [0.25, 0.3) is 6.43 Å². The monoisotopic (exact) mass is 298 g/mol. The van der Waals surface area contributed by atoms with Gasteiger partial charge in [0.1, 0.15) is 5.69 Å². The molecule has 0 aliphatic carbocycles. The van der Waals surface area contributed by atoms with E-state index in [0.717, 1.165) is 0 Å². The highest BCUT2D eigenvalue weighted by atomic mass is 19.4. The van der Waals surface area contributed by atoms with E-state index in [1.54, 1.807) is 0 Å². The number of carbonyl (C=O) groups is 1. The molecule has 0 radical (unpaired) electrons. The molecule has 9 heteroatoms. The Morgan fingerprint density at radius 2 is 2.05 bits per heavy atom. The van der Waals surface area contributed by atoms with Crippen LogP contribution in [0.2, 0.25) is 0 Å². The van der Waals surface area contributed by atoms with E-state index in [1.807, 2.05) is 0 Å². The van der Waals surface area contributed by atoms with Crippen LogP contribution in [0.1, 0.15) is 40.7 Å². The summed E-state index contributed by atoms with van der Waals surface area (Å²) in [6.07, 6.45) is -8.36. The normalized spacial score (nSPS) is 11.8. The van der Waals surface area contributed by atoms with E-state index in [1.165, 1.54) is 6.92 Å². The van der Waals surface area contributed by atoms with Crippen molar-refractivity contribution in [2.24, 2.45) is 5.73 Å². The number of nitrogens with two attached hydrogens (primary N) is 1. The molecule has 0 aromatic carbocycles. The van der Waals surface area contributed by atoms with Gasteiger partial charge in [-0.15, -0.1) is 0 Å². The van der Waals surface area contributed by atoms with Gasteiger partial charge >= 0.3 is 12.1 Å². The summed E-state index contributed by atoms with van der Waals surface area (Å²) in [5, 5.41) is 0. The third-order valence-corrected chi connectivity index (χ3v) is 2.30. The Balaban J connectivity index is 3.60. The Kier molecular flexibility index (Phi) is 4.98. The number of ether oxygens (including phenoxy) is 1. The topological polar surface area (TPSA) is 65.2 Å². The number of esters is 1. The number of aromatic nitrogens is 1. The van der Waals surface area contributed by atoms with Crippen LogP contribution in [0.4, 0.5) is 22.0 Å². The smallest absolute Gasteiger partial charge is 0.417 e. The molecule has 0 saturated heterocycles. The fourth-order valence-corrected chi connectivity index (χ4v) is 1.52. The zero-order valence-electron chi connectivity index (χ0n) is 10.3. The van der Waals surface area contributed by atoms with Crippen LogP contribution in [0.15, 0.2) is 6.07 Å². The lowest BCUT2D eigenvalue weighted by atomic mass is 10.0. The lowest BCUT2D eigenvalue weighted by Gasteiger charge is -2.16. The second kappa shape index (κ2) is 6.12. The van der Waals surface area contributed by atoms with Crippen LogP contribution in [-0.4, -0.2) is 17.6 Å². The lowest BCUT2D eigenvalue weighted by Crippen LogP contribution is -2.21. The van der Waals surface area contributed by atoms with Gasteiger partial charge in [0.15, 0.2) is 0 Å². The van der Waals surface area contributed by atoms with Crippen LogP contribution in [0.5, 0.6) is 0 Å². The summed E-state index contributed by atoms with van der Waals surface area (Å²) in [6, 6.07) is 0.470. The van der Waals surface area contributed by atoms with Gasteiger partial charge in [-0.3, -0.25) is 0 Å². The van der Waals surface area contributed by atoms with Crippen LogP contribution in [0.25, 0.3) is 0 Å². The standard InChI is InChI=1S/C11H11F5N2O2/c1-2-20-10(19)7-6(11(14,15)16)3-5(4-17)18-8(7)9(12)13/h3,9H,2,4,17H2,1H3. The predicted octanol–water partition coefficient (Wildman–Crippen LogP) is 2.67. The Bertz CT molecular complexity index is 502. The molecule has 0 fully saturated rings. The third-order valence-electron chi connectivity index (χ3n) is 2.30. The van der Waals surface area contributed by atoms with Gasteiger partial charge in [0, 0.05) is 6.54 Å². The molecule has 1 rings (SSSR count). The number of pyridine rings is 1. The molecule has 0 bridgehead atoms. The Morgan fingerprint density at radius 3 is 2.45 bits per heavy atom. The van der Waals surface area contributed by atoms with Crippen LogP contribution < -0.4 is 5.73 Å². The molecule has 20 heavy (non-hydrogen) atoms. The highest BCUT2D eigenvalue weighted by molar-refractivity contribution is 5.92. The van der Waals surface area contributed by atoms with E-state index in [2.05, 4.69) is 9.72 Å². The maximum Gasteiger partial charge on any atom is 0.417 e. The molecule has 0 atom stereocenters. The van der Waals surface area contributed by atoms with E-state index in [4.69, 9.17) is 5.73 Å². The minimum Gasteiger partial charge on any atom is -0.462 e. The molecule has 1 heterocycles. The van der Waals surface area contributed by atoms with Crippen LogP contribution in [0, 0.1) is 0 Å². The fraction of sp³-hybridized carbons (Fsp3) is 0.455. The first-order chi connectivity index (χ1) is 9.22. The molecular formula is C11H11F5N2O2. The van der Waals surface area contributed by atoms with Crippen molar-refractivity contribution in [3.63, 3.8) is 0 Å². The SMILES string of the molecule is CCOC(=O)c1c(C(F)(F)F)cc(CN)nc1C(F)F. The van der Waals surface area contributed by atoms with E-state index in [0.29, 0.717) is 6.07 Å². The van der Waals surface area contributed by atoms with E-state index >= 15 is 0 Å². The average molecular weight is 298 g/mol. The molecule has 112 valence electrons. The van der Waals surface area contributed by atoms with Gasteiger partial charge in [0.2, 0.25) is 0 Å². The molecule has 0 amide bonds. The minimum atomic E-state index is -5.00. The second-order valence-corrected chi connectivity index (χ2v) is 3.64. The summed E-state index contributed by atoms with van der Waals surface area (Å²) in [5.74, 6) is -1.49. The Morgan fingerprint density at radius 1 is 1.45 bits per heavy atom. The Hall–Kier alpha value is -1.77. The second-order valence-electron chi connectivity index (χ2n) is 3.64. The first-order valence-electron chi connectivity index (χ1n) is 5.48. The highest BCUT2D eigenvalue weighted by Crippen LogP contribution is 2.36. The van der Waals surface area contributed by atoms with Crippen LogP contribution in [0.3, 0.4) is 0 Å². The number of nitrogens with zero attached hydrogens (tertiary/aromatic N) is 1. The van der Waals surface area contributed by atoms with Gasteiger partial charge < -0.3 is 10.5 Å². The van der Waals surface area contributed by atoms with Crippen molar-refractivity contribution in [3.05, 3.63) is 28.6 Å². The lowest BCUT2D eigenvalue weighted by molar-refractivity contribution is -0.138. The predicted molar refractivity (Wildman–Crippen MR) is 58.0 cm³/mol. The summed E-state index contributed by atoms with van der Waals surface area (Å²) in [4.78, 5) is 14.8. The average Bonchev–Trinajstić information content (AvgIpc) is 2.36. The summed E-state index contributed by atoms with van der Waals surface area (Å²) < 4.78 is 68.7. The molecule has 0 spiro atoms. The molecule has 1 aromatic rings. The summed E-state index contributed by atoms with van der Waals surface area (Å²) in [6.45, 7) is 0.623. The van der Waals surface area contributed by atoms with Crippen molar-refractivity contribution in [1.82, 2.24) is 4.98 Å². The number of rotatable bonds is 4. The molecule has 0 aliphatic heterocycles. The van der Waals surface area contributed by atoms with Gasteiger partial charge in [-0.2, -0.15) is 13.2 Å². The largest absolute Gasteiger partial charge is 0.462 e. The van der Waals surface area contributed by atoms with Crippen molar-refractivity contribution in [3.8, 4) is 0 Å². The summed E-state index contributed by atoms with van der Waals surface area (Å²) in [7, 11) is 0. The zero-order chi connectivity index (χ0) is 15.5. The van der Waals surface area contributed by atoms with Crippen molar-refractivity contribution in [2.45, 2.75) is 26.1 Å². The summed E-state index contributed by atoms with van der Waals surface area (Å²) >= 11 is 0. The van der Waals surface area contributed by atoms with Crippen molar-refractivity contribution in [1.29, 1.82) is 0 Å². The molecule has 0 aliphatic rings. The molecule has 2 N–H and O–H groups in total. The zero-order valence-corrected chi connectivity index (χ0v) is 10.3. The minimum absolute atomic E-state index is 0.253. The fourth-order valence-electron chi connectivity index (χ4n) is 1.52. The Labute approximate surface area is 110 Å². The number of hydrogen-bond donors (Lipinski definition) is 1. The van der Waals surface area contributed by atoms with Gasteiger partial charge in [-0.25, -0.2) is 18.6 Å². The van der Waals surface area contributed by atoms with Crippen LogP contribution in [-0.2, 0) is 17.5 Å². The van der Waals surface area contributed by atoms with Gasteiger partial charge in [-0.1, -0.05) is 0 Å². The van der Waals surface area contributed by atoms with Crippen molar-refractivity contribution < 1.29 is 31.5 Å². The van der Waals surface area contributed by atoms with Gasteiger partial charge in [0.05, 0.1) is 23.4 Å². The molecular weight excluding hydrogens is 287 g/mol. The number of carbonyl (C=O) groups excluding carboxylic acids is 1. The van der Waals surface area contributed by atoms with Gasteiger partial charge in [-0.05, 0) is 13.0 Å². The number of hydrogen-bond acceptors (Lipinski definition) is 4. The first-order valence-corrected chi connectivity index (χ1v) is 5.48. The van der Waals surface area contributed by atoms with E-state index in [9.17, 15) is 26.7 Å². The molecule has 0 unspecified atom stereocenters. The number of alkyl halides is 5. The first kappa shape index (κ1) is 16.3. The molecule has 4 nitrogen and oxygen atoms in total. The number of halogens is 5. The highest BCUT2D eigenvalue weighted by Gasteiger charge is 2.39. The van der Waals surface area contributed by atoms with E-state index < -0.39 is 41.9 Å².